The van der Waals surface area contributed by atoms with E-state index in [1.165, 1.54) is 12.3 Å². The Morgan fingerprint density at radius 3 is 2.52 bits per heavy atom. The quantitative estimate of drug-likeness (QED) is 0.334. The molecule has 0 saturated heterocycles. The summed E-state index contributed by atoms with van der Waals surface area (Å²) in [5, 5.41) is 42.1. The summed E-state index contributed by atoms with van der Waals surface area (Å²) in [5.74, 6) is -2.96. The molecule has 0 aliphatic heterocycles. The number of phenolic OH excluding ortho intramolecular Hbond substituents is 4. The van der Waals surface area contributed by atoms with Gasteiger partial charge in [-0.2, -0.15) is 5.10 Å². The number of hydrogen-bond donors (Lipinski definition) is 5. The zero-order valence-electron chi connectivity index (χ0n) is 11.9. The lowest BCUT2D eigenvalue weighted by Crippen LogP contribution is -2.17. The topological polar surface area (TPSA) is 122 Å². The summed E-state index contributed by atoms with van der Waals surface area (Å²) in [5.41, 5.74) is 2.70. The second-order valence-electron chi connectivity index (χ2n) is 4.69. The zero-order valence-corrected chi connectivity index (χ0v) is 12.7. The fraction of sp³-hybridized carbons (Fsp3) is 0.0667. The van der Waals surface area contributed by atoms with Gasteiger partial charge in [0.05, 0.1) is 11.8 Å². The number of halogens is 1. The van der Waals surface area contributed by atoms with Crippen LogP contribution in [-0.4, -0.2) is 32.5 Å². The molecule has 0 unspecified atom stereocenters. The van der Waals surface area contributed by atoms with Crippen molar-refractivity contribution in [2.75, 3.05) is 0 Å². The lowest BCUT2D eigenvalue weighted by Gasteiger charge is -2.06. The van der Waals surface area contributed by atoms with E-state index in [2.05, 4.69) is 10.5 Å². The Kier molecular flexibility index (Phi) is 4.61. The standard InChI is InChI=1S/C15H13ClN2O5/c1-7-4-9(16)5-8(12(7)20)6-17-18-15(23)10-2-3-11(19)14(22)13(10)21/h2-6,19-22H,1H3,(H,18,23)/b17-6+. The molecule has 2 aromatic carbocycles. The first-order chi connectivity index (χ1) is 10.8. The van der Waals surface area contributed by atoms with Crippen LogP contribution in [0.1, 0.15) is 21.5 Å². The van der Waals surface area contributed by atoms with E-state index in [1.54, 1.807) is 13.0 Å². The van der Waals surface area contributed by atoms with E-state index >= 15 is 0 Å². The van der Waals surface area contributed by atoms with Crippen molar-refractivity contribution in [1.82, 2.24) is 5.43 Å². The van der Waals surface area contributed by atoms with E-state index in [4.69, 9.17) is 11.6 Å². The molecule has 120 valence electrons. The van der Waals surface area contributed by atoms with Gasteiger partial charge in [0.25, 0.3) is 5.91 Å². The van der Waals surface area contributed by atoms with Crippen LogP contribution in [0.4, 0.5) is 0 Å². The Hall–Kier alpha value is -2.93. The highest BCUT2D eigenvalue weighted by molar-refractivity contribution is 6.31. The highest BCUT2D eigenvalue weighted by Crippen LogP contribution is 2.36. The van der Waals surface area contributed by atoms with Crippen molar-refractivity contribution >= 4 is 23.7 Å². The highest BCUT2D eigenvalue weighted by Gasteiger charge is 2.16. The first-order valence-corrected chi connectivity index (χ1v) is 6.75. The SMILES string of the molecule is Cc1cc(Cl)cc(/C=N/NC(=O)c2ccc(O)c(O)c2O)c1O. The number of nitrogens with one attached hydrogen (secondary N) is 1. The van der Waals surface area contributed by atoms with Crippen LogP contribution < -0.4 is 5.43 Å². The lowest BCUT2D eigenvalue weighted by molar-refractivity contribution is 0.0951. The minimum absolute atomic E-state index is 0.0301. The Morgan fingerprint density at radius 2 is 1.83 bits per heavy atom. The molecular formula is C15H13ClN2O5. The van der Waals surface area contributed by atoms with Crippen LogP contribution in [0.3, 0.4) is 0 Å². The number of amides is 1. The van der Waals surface area contributed by atoms with E-state index < -0.39 is 23.2 Å². The van der Waals surface area contributed by atoms with E-state index in [0.717, 1.165) is 12.1 Å². The fourth-order valence-electron chi connectivity index (χ4n) is 1.83. The van der Waals surface area contributed by atoms with Gasteiger partial charge in [-0.3, -0.25) is 4.79 Å². The Balaban J connectivity index is 2.18. The van der Waals surface area contributed by atoms with Gasteiger partial charge in [-0.05, 0) is 36.8 Å². The molecule has 5 N–H and O–H groups in total. The van der Waals surface area contributed by atoms with Crippen LogP contribution in [0, 0.1) is 6.92 Å². The molecule has 0 spiro atoms. The van der Waals surface area contributed by atoms with Crippen molar-refractivity contribution in [3.8, 4) is 23.0 Å². The smallest absolute Gasteiger partial charge is 0.275 e. The maximum absolute atomic E-state index is 11.9. The number of carbonyl (C=O) groups excluding carboxylic acids is 1. The minimum atomic E-state index is -0.813. The van der Waals surface area contributed by atoms with Crippen molar-refractivity contribution in [3.63, 3.8) is 0 Å². The first-order valence-electron chi connectivity index (χ1n) is 6.37. The molecule has 0 saturated carbocycles. The van der Waals surface area contributed by atoms with Gasteiger partial charge >= 0.3 is 0 Å². The summed E-state index contributed by atoms with van der Waals surface area (Å²) in [6, 6.07) is 5.21. The van der Waals surface area contributed by atoms with Gasteiger partial charge in [0, 0.05) is 10.6 Å². The molecule has 23 heavy (non-hydrogen) atoms. The maximum Gasteiger partial charge on any atom is 0.275 e. The predicted molar refractivity (Wildman–Crippen MR) is 84.4 cm³/mol. The number of hydrogen-bond acceptors (Lipinski definition) is 6. The molecule has 0 radical (unpaired) electrons. The molecule has 1 amide bonds. The number of hydrazone groups is 1. The van der Waals surface area contributed by atoms with Gasteiger partial charge < -0.3 is 20.4 Å². The Bertz CT molecular complexity index is 805. The number of phenols is 4. The number of aryl methyl sites for hydroxylation is 1. The lowest BCUT2D eigenvalue weighted by atomic mass is 10.1. The predicted octanol–water partition coefficient (Wildman–Crippen LogP) is 2.23. The number of aromatic hydroxyl groups is 4. The number of benzene rings is 2. The summed E-state index contributed by atoms with van der Waals surface area (Å²) in [4.78, 5) is 11.9. The van der Waals surface area contributed by atoms with Gasteiger partial charge in [0.1, 0.15) is 5.75 Å². The third-order valence-corrected chi connectivity index (χ3v) is 3.26. The molecule has 0 aliphatic rings. The Labute approximate surface area is 136 Å². The van der Waals surface area contributed by atoms with Gasteiger partial charge in [0.15, 0.2) is 11.5 Å². The average molecular weight is 337 g/mol. The van der Waals surface area contributed by atoms with Crippen LogP contribution >= 0.6 is 11.6 Å². The average Bonchev–Trinajstić information content (AvgIpc) is 2.49. The molecule has 0 fully saturated rings. The molecule has 7 nitrogen and oxygen atoms in total. The minimum Gasteiger partial charge on any atom is -0.507 e. The molecule has 0 bridgehead atoms. The van der Waals surface area contributed by atoms with Gasteiger partial charge in [-0.1, -0.05) is 11.6 Å². The normalized spacial score (nSPS) is 10.9. The van der Waals surface area contributed by atoms with E-state index in [0.29, 0.717) is 16.1 Å². The van der Waals surface area contributed by atoms with E-state index in [9.17, 15) is 25.2 Å². The summed E-state index contributed by atoms with van der Waals surface area (Å²) in [6.45, 7) is 1.66. The monoisotopic (exact) mass is 336 g/mol. The van der Waals surface area contributed by atoms with Crippen molar-refractivity contribution in [3.05, 3.63) is 46.0 Å². The van der Waals surface area contributed by atoms with Crippen molar-refractivity contribution < 1.29 is 25.2 Å². The third kappa shape index (κ3) is 3.46. The molecule has 2 aromatic rings. The van der Waals surface area contributed by atoms with Crippen LogP contribution in [0.25, 0.3) is 0 Å². The Morgan fingerprint density at radius 1 is 1.13 bits per heavy atom. The molecule has 0 heterocycles. The molecule has 2 rings (SSSR count). The van der Waals surface area contributed by atoms with E-state index in [1.807, 2.05) is 0 Å². The molecule has 0 atom stereocenters. The second-order valence-corrected chi connectivity index (χ2v) is 5.13. The maximum atomic E-state index is 11.9. The third-order valence-electron chi connectivity index (χ3n) is 3.04. The van der Waals surface area contributed by atoms with Crippen LogP contribution in [0.5, 0.6) is 23.0 Å². The number of nitrogens with zero attached hydrogens (tertiary/aromatic N) is 1. The van der Waals surface area contributed by atoms with Crippen molar-refractivity contribution in [1.29, 1.82) is 0 Å². The number of carbonyl (C=O) groups is 1. The summed E-state index contributed by atoms with van der Waals surface area (Å²) in [6.07, 6.45) is 1.18. The zero-order chi connectivity index (χ0) is 17.1. The fourth-order valence-corrected chi connectivity index (χ4v) is 2.11. The van der Waals surface area contributed by atoms with E-state index in [-0.39, 0.29) is 11.3 Å². The van der Waals surface area contributed by atoms with Crippen molar-refractivity contribution in [2.45, 2.75) is 6.92 Å². The van der Waals surface area contributed by atoms with Crippen LogP contribution in [-0.2, 0) is 0 Å². The van der Waals surface area contributed by atoms with Crippen LogP contribution in [0.15, 0.2) is 29.4 Å². The van der Waals surface area contributed by atoms with Crippen molar-refractivity contribution in [2.24, 2.45) is 5.10 Å². The molecular weight excluding hydrogens is 324 g/mol. The second kappa shape index (κ2) is 6.45. The van der Waals surface area contributed by atoms with Gasteiger partial charge in [0.2, 0.25) is 5.75 Å². The van der Waals surface area contributed by atoms with Gasteiger partial charge in [-0.25, -0.2) is 5.43 Å². The van der Waals surface area contributed by atoms with Crippen LogP contribution in [0.2, 0.25) is 5.02 Å². The molecule has 0 aliphatic carbocycles. The summed E-state index contributed by atoms with van der Waals surface area (Å²) >= 11 is 5.87. The number of rotatable bonds is 3. The summed E-state index contributed by atoms with van der Waals surface area (Å²) in [7, 11) is 0. The largest absolute Gasteiger partial charge is 0.507 e. The molecule has 8 heteroatoms. The summed E-state index contributed by atoms with van der Waals surface area (Å²) < 4.78 is 0. The van der Waals surface area contributed by atoms with Gasteiger partial charge in [-0.15, -0.1) is 0 Å². The highest BCUT2D eigenvalue weighted by atomic mass is 35.5. The first kappa shape index (κ1) is 16.4. The molecule has 0 aromatic heterocycles.